The van der Waals surface area contributed by atoms with E-state index in [4.69, 9.17) is 0 Å². The number of nitrogens with one attached hydrogen (secondary N) is 1. The summed E-state index contributed by atoms with van der Waals surface area (Å²) < 4.78 is 1.97. The minimum Gasteiger partial charge on any atom is -0.352 e. The Kier molecular flexibility index (Phi) is 5.67. The maximum atomic E-state index is 12.4. The molecular formula is C17H29N5O. The first-order valence-electron chi connectivity index (χ1n) is 8.98. The largest absolute Gasteiger partial charge is 0.352 e. The van der Waals surface area contributed by atoms with Gasteiger partial charge in [-0.15, -0.1) is 0 Å². The minimum atomic E-state index is 0.187. The molecule has 0 unspecified atom stereocenters. The van der Waals surface area contributed by atoms with Crippen LogP contribution in [0.2, 0.25) is 0 Å². The molecule has 128 valence electrons. The van der Waals surface area contributed by atoms with Gasteiger partial charge in [0.2, 0.25) is 5.91 Å². The van der Waals surface area contributed by atoms with Gasteiger partial charge in [0.05, 0.1) is 13.1 Å². The van der Waals surface area contributed by atoms with Crippen LogP contribution in [0, 0.1) is 0 Å². The van der Waals surface area contributed by atoms with Gasteiger partial charge in [0.15, 0.2) is 0 Å². The Balaban J connectivity index is 1.43. The van der Waals surface area contributed by atoms with Gasteiger partial charge in [-0.3, -0.25) is 14.4 Å². The molecule has 2 saturated heterocycles. The summed E-state index contributed by atoms with van der Waals surface area (Å²) in [7, 11) is 0. The summed E-state index contributed by atoms with van der Waals surface area (Å²) >= 11 is 0. The second-order valence-electron chi connectivity index (χ2n) is 6.77. The van der Waals surface area contributed by atoms with Gasteiger partial charge in [0, 0.05) is 37.6 Å². The molecule has 3 heterocycles. The van der Waals surface area contributed by atoms with Crippen LogP contribution in [-0.2, 0) is 11.3 Å². The Morgan fingerprint density at radius 2 is 2.09 bits per heavy atom. The Morgan fingerprint density at radius 3 is 2.78 bits per heavy atom. The number of rotatable bonds is 6. The maximum Gasteiger partial charge on any atom is 0.234 e. The van der Waals surface area contributed by atoms with Crippen molar-refractivity contribution in [1.82, 2.24) is 24.9 Å². The molecule has 1 aromatic heterocycles. The average molecular weight is 319 g/mol. The van der Waals surface area contributed by atoms with E-state index >= 15 is 0 Å². The third kappa shape index (κ3) is 4.54. The quantitative estimate of drug-likeness (QED) is 0.848. The van der Waals surface area contributed by atoms with Crippen LogP contribution in [0.5, 0.6) is 0 Å². The van der Waals surface area contributed by atoms with Crippen LogP contribution in [0.4, 0.5) is 0 Å². The van der Waals surface area contributed by atoms with Crippen LogP contribution in [-0.4, -0.2) is 70.3 Å². The molecular weight excluding hydrogens is 290 g/mol. The summed E-state index contributed by atoms with van der Waals surface area (Å²) in [6.45, 7) is 7.96. The molecule has 0 bridgehead atoms. The summed E-state index contributed by atoms with van der Waals surface area (Å²) in [4.78, 5) is 17.1. The van der Waals surface area contributed by atoms with Gasteiger partial charge >= 0.3 is 0 Å². The fourth-order valence-corrected chi connectivity index (χ4v) is 3.79. The molecule has 0 radical (unpaired) electrons. The van der Waals surface area contributed by atoms with Gasteiger partial charge in [-0.25, -0.2) is 0 Å². The van der Waals surface area contributed by atoms with Gasteiger partial charge in [0.25, 0.3) is 0 Å². The van der Waals surface area contributed by atoms with E-state index < -0.39 is 0 Å². The molecule has 0 aliphatic carbocycles. The normalized spacial score (nSPS) is 24.1. The van der Waals surface area contributed by atoms with Crippen molar-refractivity contribution in [3.05, 3.63) is 18.5 Å². The summed E-state index contributed by atoms with van der Waals surface area (Å²) in [6.07, 6.45) is 8.30. The Morgan fingerprint density at radius 1 is 1.26 bits per heavy atom. The van der Waals surface area contributed by atoms with Crippen LogP contribution in [0.25, 0.3) is 0 Å². The van der Waals surface area contributed by atoms with Crippen molar-refractivity contribution in [2.45, 2.75) is 51.2 Å². The van der Waals surface area contributed by atoms with Gasteiger partial charge in [-0.2, -0.15) is 5.10 Å². The van der Waals surface area contributed by atoms with Gasteiger partial charge < -0.3 is 10.2 Å². The van der Waals surface area contributed by atoms with Crippen molar-refractivity contribution < 1.29 is 4.79 Å². The summed E-state index contributed by atoms with van der Waals surface area (Å²) in [6, 6.07) is 2.74. The Bertz CT molecular complexity index is 481. The first kappa shape index (κ1) is 16.5. The number of amides is 1. The van der Waals surface area contributed by atoms with Crippen molar-refractivity contribution in [3.63, 3.8) is 0 Å². The second kappa shape index (κ2) is 7.93. The van der Waals surface area contributed by atoms with Gasteiger partial charge in [0.1, 0.15) is 0 Å². The van der Waals surface area contributed by atoms with Crippen LogP contribution in [0.3, 0.4) is 0 Å². The molecule has 1 amide bonds. The third-order valence-corrected chi connectivity index (χ3v) is 5.20. The smallest absolute Gasteiger partial charge is 0.234 e. The summed E-state index contributed by atoms with van der Waals surface area (Å²) in [5.41, 5.74) is 0. The van der Waals surface area contributed by atoms with Gasteiger partial charge in [-0.1, -0.05) is 6.92 Å². The lowest BCUT2D eigenvalue weighted by Gasteiger charge is -2.32. The van der Waals surface area contributed by atoms with Crippen LogP contribution < -0.4 is 5.32 Å². The molecule has 2 fully saturated rings. The first-order chi connectivity index (χ1) is 11.2. The number of carbonyl (C=O) groups excluding carboxylic acids is 1. The van der Waals surface area contributed by atoms with Crippen LogP contribution in [0.15, 0.2) is 18.5 Å². The molecule has 3 rings (SSSR count). The third-order valence-electron chi connectivity index (χ3n) is 5.20. The van der Waals surface area contributed by atoms with E-state index in [0.717, 1.165) is 52.0 Å². The molecule has 0 spiro atoms. The highest BCUT2D eigenvalue weighted by atomic mass is 16.2. The van der Waals surface area contributed by atoms with E-state index in [1.807, 2.05) is 23.1 Å². The van der Waals surface area contributed by atoms with E-state index in [9.17, 15) is 4.79 Å². The Labute approximate surface area is 138 Å². The highest BCUT2D eigenvalue weighted by Crippen LogP contribution is 2.18. The maximum absolute atomic E-state index is 12.4. The van der Waals surface area contributed by atoms with Crippen molar-refractivity contribution in [2.75, 3.05) is 32.7 Å². The second-order valence-corrected chi connectivity index (χ2v) is 6.77. The zero-order valence-electron chi connectivity index (χ0n) is 14.2. The fraction of sp³-hybridized carbons (Fsp3) is 0.765. The van der Waals surface area contributed by atoms with Crippen LogP contribution in [0.1, 0.15) is 32.6 Å². The van der Waals surface area contributed by atoms with Crippen molar-refractivity contribution in [2.24, 2.45) is 0 Å². The molecule has 1 N–H and O–H groups in total. The molecule has 2 aliphatic heterocycles. The predicted octanol–water partition coefficient (Wildman–Crippen LogP) is 0.948. The lowest BCUT2D eigenvalue weighted by atomic mass is 10.1. The lowest BCUT2D eigenvalue weighted by molar-refractivity contribution is -0.123. The van der Waals surface area contributed by atoms with E-state index in [-0.39, 0.29) is 5.91 Å². The number of hydrogen-bond donors (Lipinski definition) is 1. The van der Waals surface area contributed by atoms with Crippen molar-refractivity contribution in [1.29, 1.82) is 0 Å². The molecule has 6 nitrogen and oxygen atoms in total. The highest BCUT2D eigenvalue weighted by Gasteiger charge is 2.27. The van der Waals surface area contributed by atoms with E-state index in [2.05, 4.69) is 27.1 Å². The lowest BCUT2D eigenvalue weighted by Crippen LogP contribution is -2.48. The van der Waals surface area contributed by atoms with Crippen molar-refractivity contribution in [3.8, 4) is 0 Å². The predicted molar refractivity (Wildman–Crippen MR) is 90.1 cm³/mol. The first-order valence-corrected chi connectivity index (χ1v) is 8.98. The number of piperidine rings is 1. The standard InChI is InChI=1S/C17H29N5O/c1-2-20-11-6-15(7-12-20)19-17(23)14-21-9-3-5-16(21)13-22-10-4-8-18-22/h4,8,10,15-16H,2-3,5-7,9,11-14H2,1H3,(H,19,23)/t16-/m1/s1. The molecule has 0 saturated carbocycles. The Hall–Kier alpha value is -1.40. The van der Waals surface area contributed by atoms with E-state index in [1.54, 1.807) is 0 Å². The zero-order valence-corrected chi connectivity index (χ0v) is 14.2. The minimum absolute atomic E-state index is 0.187. The highest BCUT2D eigenvalue weighted by molar-refractivity contribution is 5.78. The number of likely N-dealkylation sites (tertiary alicyclic amines) is 2. The number of aromatic nitrogens is 2. The van der Waals surface area contributed by atoms with E-state index in [0.29, 0.717) is 18.6 Å². The number of nitrogens with zero attached hydrogens (tertiary/aromatic N) is 4. The van der Waals surface area contributed by atoms with Gasteiger partial charge in [-0.05, 0) is 44.8 Å². The fourth-order valence-electron chi connectivity index (χ4n) is 3.79. The van der Waals surface area contributed by atoms with E-state index in [1.165, 1.54) is 6.42 Å². The summed E-state index contributed by atoms with van der Waals surface area (Å²) in [5, 5.41) is 7.53. The van der Waals surface area contributed by atoms with Crippen LogP contribution >= 0.6 is 0 Å². The molecule has 2 aliphatic rings. The SMILES string of the molecule is CCN1CCC(NC(=O)CN2CCC[C@@H]2Cn2cccn2)CC1. The molecule has 1 aromatic rings. The van der Waals surface area contributed by atoms with Crippen molar-refractivity contribution >= 4 is 5.91 Å². The summed E-state index contributed by atoms with van der Waals surface area (Å²) in [5.74, 6) is 0.187. The number of hydrogen-bond acceptors (Lipinski definition) is 4. The number of carbonyl (C=O) groups is 1. The topological polar surface area (TPSA) is 53.4 Å². The molecule has 23 heavy (non-hydrogen) atoms. The average Bonchev–Trinajstić information content (AvgIpc) is 3.21. The molecule has 6 heteroatoms. The molecule has 0 aromatic carbocycles. The zero-order chi connectivity index (χ0) is 16.1. The monoisotopic (exact) mass is 319 g/mol. The molecule has 1 atom stereocenters.